The van der Waals surface area contributed by atoms with Crippen LogP contribution in [0.3, 0.4) is 0 Å². The Morgan fingerprint density at radius 2 is 1.93 bits per heavy atom. The summed E-state index contributed by atoms with van der Waals surface area (Å²) < 4.78 is 0. The van der Waals surface area contributed by atoms with Gasteiger partial charge in [0, 0.05) is 23.3 Å². The Morgan fingerprint density at radius 1 is 1.04 bits per heavy atom. The summed E-state index contributed by atoms with van der Waals surface area (Å²) in [4.78, 5) is 21.6. The van der Waals surface area contributed by atoms with Gasteiger partial charge in [0.05, 0.1) is 23.0 Å². The van der Waals surface area contributed by atoms with Crippen molar-refractivity contribution < 1.29 is 4.79 Å². The van der Waals surface area contributed by atoms with Gasteiger partial charge in [-0.05, 0) is 36.8 Å². The molecule has 0 spiro atoms. The van der Waals surface area contributed by atoms with E-state index in [0.717, 1.165) is 27.6 Å². The van der Waals surface area contributed by atoms with E-state index in [0.29, 0.717) is 11.3 Å². The molecule has 4 rings (SSSR count). The number of hydrazone groups is 1. The van der Waals surface area contributed by atoms with Gasteiger partial charge in [0.25, 0.3) is 5.91 Å². The summed E-state index contributed by atoms with van der Waals surface area (Å²) in [7, 11) is 0. The fourth-order valence-electron chi connectivity index (χ4n) is 3.00. The second-order valence-electron chi connectivity index (χ2n) is 6.43. The van der Waals surface area contributed by atoms with Crippen molar-refractivity contribution >= 4 is 23.0 Å². The minimum absolute atomic E-state index is 0.285. The molecule has 136 valence electrons. The van der Waals surface area contributed by atoms with Crippen LogP contribution in [0.25, 0.3) is 22.2 Å². The van der Waals surface area contributed by atoms with Crippen molar-refractivity contribution in [2.24, 2.45) is 5.10 Å². The SMILES string of the molecule is Cc1cccc(/C=N\NC(=O)c2cc(-c3cccnc3)nc3ccccc23)c1. The number of carbonyl (C=O) groups excluding carboxylic acids is 1. The van der Waals surface area contributed by atoms with E-state index in [9.17, 15) is 4.79 Å². The number of amides is 1. The molecule has 5 heteroatoms. The van der Waals surface area contributed by atoms with E-state index in [-0.39, 0.29) is 5.91 Å². The second-order valence-corrected chi connectivity index (χ2v) is 6.43. The van der Waals surface area contributed by atoms with Crippen molar-refractivity contribution in [3.63, 3.8) is 0 Å². The summed E-state index contributed by atoms with van der Waals surface area (Å²) >= 11 is 0. The highest BCUT2D eigenvalue weighted by Gasteiger charge is 2.13. The molecule has 0 radical (unpaired) electrons. The molecule has 1 N–H and O–H groups in total. The second kappa shape index (κ2) is 7.80. The van der Waals surface area contributed by atoms with Crippen LogP contribution in [0, 0.1) is 6.92 Å². The molecule has 0 fully saturated rings. The molecule has 2 aromatic heterocycles. The van der Waals surface area contributed by atoms with Crippen LogP contribution < -0.4 is 5.43 Å². The zero-order chi connectivity index (χ0) is 19.3. The molecule has 2 aromatic carbocycles. The average molecular weight is 366 g/mol. The molecule has 0 aliphatic heterocycles. The molecule has 0 bridgehead atoms. The van der Waals surface area contributed by atoms with Gasteiger partial charge in [0.2, 0.25) is 0 Å². The number of fused-ring (bicyclic) bond motifs is 1. The zero-order valence-electron chi connectivity index (χ0n) is 15.3. The first-order valence-electron chi connectivity index (χ1n) is 8.91. The monoisotopic (exact) mass is 366 g/mol. The normalized spacial score (nSPS) is 11.0. The van der Waals surface area contributed by atoms with Gasteiger partial charge in [-0.2, -0.15) is 5.10 Å². The van der Waals surface area contributed by atoms with Crippen LogP contribution >= 0.6 is 0 Å². The van der Waals surface area contributed by atoms with Crippen molar-refractivity contribution in [2.75, 3.05) is 0 Å². The highest BCUT2D eigenvalue weighted by atomic mass is 16.2. The molecule has 0 aliphatic carbocycles. The minimum Gasteiger partial charge on any atom is -0.267 e. The topological polar surface area (TPSA) is 67.2 Å². The van der Waals surface area contributed by atoms with Crippen LogP contribution in [0.1, 0.15) is 21.5 Å². The van der Waals surface area contributed by atoms with Gasteiger partial charge in [0.15, 0.2) is 0 Å². The molecule has 0 saturated carbocycles. The smallest absolute Gasteiger partial charge is 0.267 e. The molecule has 0 saturated heterocycles. The molecule has 28 heavy (non-hydrogen) atoms. The molecule has 0 unspecified atom stereocenters. The van der Waals surface area contributed by atoms with Crippen molar-refractivity contribution in [3.05, 3.63) is 95.8 Å². The van der Waals surface area contributed by atoms with Gasteiger partial charge >= 0.3 is 0 Å². The van der Waals surface area contributed by atoms with E-state index in [1.54, 1.807) is 24.7 Å². The molecular weight excluding hydrogens is 348 g/mol. The summed E-state index contributed by atoms with van der Waals surface area (Å²) in [5.74, 6) is -0.285. The maximum atomic E-state index is 12.8. The lowest BCUT2D eigenvalue weighted by molar-refractivity contribution is 0.0956. The van der Waals surface area contributed by atoms with Gasteiger partial charge in [-0.15, -0.1) is 0 Å². The number of pyridine rings is 2. The molecule has 0 atom stereocenters. The van der Waals surface area contributed by atoms with Crippen LogP contribution in [0.4, 0.5) is 0 Å². The first-order valence-corrected chi connectivity index (χ1v) is 8.91. The first kappa shape index (κ1) is 17.5. The number of aryl methyl sites for hydroxylation is 1. The molecular formula is C23H18N4O. The third-order valence-electron chi connectivity index (χ3n) is 4.34. The quantitative estimate of drug-likeness (QED) is 0.431. The van der Waals surface area contributed by atoms with Crippen LogP contribution in [0.5, 0.6) is 0 Å². The predicted octanol–water partition coefficient (Wildman–Crippen LogP) is 4.37. The number of nitrogens with one attached hydrogen (secondary N) is 1. The average Bonchev–Trinajstić information content (AvgIpc) is 2.73. The van der Waals surface area contributed by atoms with E-state index < -0.39 is 0 Å². The highest BCUT2D eigenvalue weighted by Crippen LogP contribution is 2.24. The number of benzene rings is 2. The van der Waals surface area contributed by atoms with Crippen molar-refractivity contribution in [3.8, 4) is 11.3 Å². The maximum absolute atomic E-state index is 12.8. The predicted molar refractivity (Wildman–Crippen MR) is 111 cm³/mol. The van der Waals surface area contributed by atoms with Gasteiger partial charge < -0.3 is 0 Å². The van der Waals surface area contributed by atoms with E-state index in [4.69, 9.17) is 0 Å². The Morgan fingerprint density at radius 3 is 2.75 bits per heavy atom. The molecule has 1 amide bonds. The van der Waals surface area contributed by atoms with Crippen LogP contribution in [-0.4, -0.2) is 22.1 Å². The van der Waals surface area contributed by atoms with Crippen molar-refractivity contribution in [2.45, 2.75) is 6.92 Å². The van der Waals surface area contributed by atoms with E-state index in [1.807, 2.05) is 67.6 Å². The van der Waals surface area contributed by atoms with Crippen LogP contribution in [0.2, 0.25) is 0 Å². The Balaban J connectivity index is 1.67. The first-order chi connectivity index (χ1) is 13.7. The van der Waals surface area contributed by atoms with Crippen molar-refractivity contribution in [1.29, 1.82) is 0 Å². The number of para-hydroxylation sites is 1. The highest BCUT2D eigenvalue weighted by molar-refractivity contribution is 6.07. The van der Waals surface area contributed by atoms with E-state index in [1.165, 1.54) is 0 Å². The number of carbonyl (C=O) groups is 1. The number of nitrogens with zero attached hydrogens (tertiary/aromatic N) is 3. The maximum Gasteiger partial charge on any atom is 0.272 e. The number of aromatic nitrogens is 2. The Bertz CT molecular complexity index is 1170. The third-order valence-corrected chi connectivity index (χ3v) is 4.34. The van der Waals surface area contributed by atoms with Gasteiger partial charge in [-0.25, -0.2) is 10.4 Å². The summed E-state index contributed by atoms with van der Waals surface area (Å²) in [5, 5.41) is 4.89. The van der Waals surface area contributed by atoms with Crippen LogP contribution in [-0.2, 0) is 0 Å². The molecule has 5 nitrogen and oxygen atoms in total. The standard InChI is InChI=1S/C23H18N4O/c1-16-6-4-7-17(12-16)14-25-27-23(28)20-13-22(18-8-5-11-24-15-18)26-21-10-3-2-9-19(20)21/h2-15H,1H3,(H,27,28)/b25-14-. The summed E-state index contributed by atoms with van der Waals surface area (Å²) in [5.41, 5.74) is 7.50. The number of hydrogen-bond acceptors (Lipinski definition) is 4. The van der Waals surface area contributed by atoms with E-state index >= 15 is 0 Å². The zero-order valence-corrected chi connectivity index (χ0v) is 15.3. The summed E-state index contributed by atoms with van der Waals surface area (Å²) in [6.07, 6.45) is 5.07. The lowest BCUT2D eigenvalue weighted by Crippen LogP contribution is -2.18. The Kier molecular flexibility index (Phi) is 4.89. The third kappa shape index (κ3) is 3.78. The Labute approximate surface area is 162 Å². The lowest BCUT2D eigenvalue weighted by atomic mass is 10.0. The molecule has 2 heterocycles. The fourth-order valence-corrected chi connectivity index (χ4v) is 3.00. The van der Waals surface area contributed by atoms with Crippen LogP contribution in [0.15, 0.2) is 84.2 Å². The number of hydrogen-bond donors (Lipinski definition) is 1. The Hall–Kier alpha value is -3.86. The molecule has 0 aliphatic rings. The van der Waals surface area contributed by atoms with E-state index in [2.05, 4.69) is 20.5 Å². The lowest BCUT2D eigenvalue weighted by Gasteiger charge is -2.08. The van der Waals surface area contributed by atoms with Gasteiger partial charge in [0.1, 0.15) is 0 Å². The molecule has 4 aromatic rings. The summed E-state index contributed by atoms with van der Waals surface area (Å²) in [6.45, 7) is 2.01. The summed E-state index contributed by atoms with van der Waals surface area (Å²) in [6, 6.07) is 21.0. The van der Waals surface area contributed by atoms with Gasteiger partial charge in [-0.1, -0.05) is 48.0 Å². The van der Waals surface area contributed by atoms with Crippen molar-refractivity contribution in [1.82, 2.24) is 15.4 Å². The fraction of sp³-hybridized carbons (Fsp3) is 0.0435. The minimum atomic E-state index is -0.285. The van der Waals surface area contributed by atoms with Gasteiger partial charge in [-0.3, -0.25) is 9.78 Å². The number of rotatable bonds is 4. The largest absolute Gasteiger partial charge is 0.272 e.